The van der Waals surface area contributed by atoms with Crippen molar-refractivity contribution in [2.24, 2.45) is 23.7 Å². The smallest absolute Gasteiger partial charge is 0.310 e. The fourth-order valence-electron chi connectivity index (χ4n) is 4.58. The van der Waals surface area contributed by atoms with Crippen LogP contribution in [0.1, 0.15) is 35.7 Å². The minimum absolute atomic E-state index is 0.0110. The second-order valence-electron chi connectivity index (χ2n) is 7.23. The Bertz CT molecular complexity index is 705. The predicted octanol–water partition coefficient (Wildman–Crippen LogP) is 2.31. The standard InChI is InChI=1S/C19H20O5/c1-9-3-5-11(6-4-9)17(20)10(2)23-18(21)15-12-7-13-14(8-12)24-19(22)16(13)15/h3-6,10,12-16H,7-8H2,1-2H3/t10-,12+,13-,14+,15+,16-/m0/s1. The van der Waals surface area contributed by atoms with Crippen LogP contribution in [0.3, 0.4) is 0 Å². The molecule has 126 valence electrons. The highest BCUT2D eigenvalue weighted by Crippen LogP contribution is 2.58. The van der Waals surface area contributed by atoms with Gasteiger partial charge in [-0.3, -0.25) is 14.4 Å². The first-order chi connectivity index (χ1) is 11.5. The molecule has 2 bridgehead atoms. The summed E-state index contributed by atoms with van der Waals surface area (Å²) < 4.78 is 10.8. The van der Waals surface area contributed by atoms with E-state index in [0.717, 1.165) is 18.4 Å². The molecule has 3 aliphatic rings. The fourth-order valence-corrected chi connectivity index (χ4v) is 4.58. The van der Waals surface area contributed by atoms with Crippen molar-refractivity contribution < 1.29 is 23.9 Å². The van der Waals surface area contributed by atoms with Gasteiger partial charge in [-0.2, -0.15) is 0 Å². The van der Waals surface area contributed by atoms with E-state index in [-0.39, 0.29) is 35.6 Å². The van der Waals surface area contributed by atoms with E-state index in [9.17, 15) is 14.4 Å². The van der Waals surface area contributed by atoms with Gasteiger partial charge in [-0.15, -0.1) is 0 Å². The van der Waals surface area contributed by atoms with Crippen molar-refractivity contribution in [1.82, 2.24) is 0 Å². The summed E-state index contributed by atoms with van der Waals surface area (Å²) in [6, 6.07) is 7.18. The molecule has 1 aromatic carbocycles. The Hall–Kier alpha value is -2.17. The van der Waals surface area contributed by atoms with Gasteiger partial charge in [0, 0.05) is 11.5 Å². The zero-order valence-electron chi connectivity index (χ0n) is 13.7. The number of ether oxygens (including phenoxy) is 2. The predicted molar refractivity (Wildman–Crippen MR) is 84.1 cm³/mol. The van der Waals surface area contributed by atoms with Crippen LogP contribution in [-0.4, -0.2) is 29.9 Å². The molecule has 3 fully saturated rings. The van der Waals surface area contributed by atoms with Crippen molar-refractivity contribution in [3.8, 4) is 0 Å². The summed E-state index contributed by atoms with van der Waals surface area (Å²) in [5, 5.41) is 0. The van der Waals surface area contributed by atoms with Crippen LogP contribution in [-0.2, 0) is 19.1 Å². The zero-order chi connectivity index (χ0) is 17.0. The average molecular weight is 328 g/mol. The van der Waals surface area contributed by atoms with Crippen molar-refractivity contribution in [3.05, 3.63) is 35.4 Å². The molecular formula is C19H20O5. The quantitative estimate of drug-likeness (QED) is 0.626. The second kappa shape index (κ2) is 5.43. The molecule has 2 saturated carbocycles. The molecule has 1 saturated heterocycles. The highest BCUT2D eigenvalue weighted by atomic mass is 16.6. The maximum atomic E-state index is 12.6. The first kappa shape index (κ1) is 15.4. The van der Waals surface area contributed by atoms with Crippen LogP contribution < -0.4 is 0 Å². The number of ketones is 1. The van der Waals surface area contributed by atoms with Crippen LogP contribution in [0.25, 0.3) is 0 Å². The van der Waals surface area contributed by atoms with E-state index in [4.69, 9.17) is 9.47 Å². The summed E-state index contributed by atoms with van der Waals surface area (Å²) in [7, 11) is 0. The second-order valence-corrected chi connectivity index (χ2v) is 7.23. The van der Waals surface area contributed by atoms with E-state index in [1.54, 1.807) is 19.1 Å². The SMILES string of the molecule is Cc1ccc(C(=O)[C@H](C)OC(=O)[C@@H]2[C@@H]3C[C@@H]4[C@@H]2C(=O)O[C@@H]4C3)cc1. The lowest BCUT2D eigenvalue weighted by molar-refractivity contribution is -0.157. The number of carbonyl (C=O) groups excluding carboxylic acids is 3. The Balaban J connectivity index is 1.45. The summed E-state index contributed by atoms with van der Waals surface area (Å²) in [5.74, 6) is -1.45. The van der Waals surface area contributed by atoms with Gasteiger partial charge in [0.2, 0.25) is 5.78 Å². The van der Waals surface area contributed by atoms with Crippen molar-refractivity contribution in [2.45, 2.75) is 38.9 Å². The van der Waals surface area contributed by atoms with Crippen LogP contribution in [0.2, 0.25) is 0 Å². The summed E-state index contributed by atoms with van der Waals surface area (Å²) >= 11 is 0. The number of esters is 2. The Kier molecular flexibility index (Phi) is 3.48. The maximum Gasteiger partial charge on any atom is 0.310 e. The Morgan fingerprint density at radius 2 is 1.92 bits per heavy atom. The summed E-state index contributed by atoms with van der Waals surface area (Å²) in [6.45, 7) is 3.53. The van der Waals surface area contributed by atoms with Crippen LogP contribution >= 0.6 is 0 Å². The third kappa shape index (κ3) is 2.26. The average Bonchev–Trinajstić information content (AvgIpc) is 3.16. The molecule has 1 heterocycles. The van der Waals surface area contributed by atoms with Crippen LogP contribution in [0.5, 0.6) is 0 Å². The number of benzene rings is 1. The number of fused-ring (bicyclic) bond motifs is 1. The van der Waals surface area contributed by atoms with Crippen molar-refractivity contribution in [3.63, 3.8) is 0 Å². The molecular weight excluding hydrogens is 308 g/mol. The minimum Gasteiger partial charge on any atom is -0.462 e. The van der Waals surface area contributed by atoms with E-state index in [1.165, 1.54) is 0 Å². The minimum atomic E-state index is -0.854. The first-order valence-electron chi connectivity index (χ1n) is 8.47. The normalized spacial score (nSPS) is 34.1. The Morgan fingerprint density at radius 3 is 2.62 bits per heavy atom. The molecule has 24 heavy (non-hydrogen) atoms. The summed E-state index contributed by atoms with van der Waals surface area (Å²) in [6.07, 6.45) is 0.726. The molecule has 5 nitrogen and oxygen atoms in total. The van der Waals surface area contributed by atoms with E-state index in [2.05, 4.69) is 0 Å². The molecule has 0 radical (unpaired) electrons. The molecule has 0 amide bonds. The number of aryl methyl sites for hydroxylation is 1. The number of hydrogen-bond donors (Lipinski definition) is 0. The van der Waals surface area contributed by atoms with Gasteiger partial charge in [-0.05, 0) is 32.6 Å². The van der Waals surface area contributed by atoms with Gasteiger partial charge in [0.15, 0.2) is 6.10 Å². The molecule has 1 aliphatic heterocycles. The van der Waals surface area contributed by atoms with Gasteiger partial charge in [0.05, 0.1) is 11.8 Å². The summed E-state index contributed by atoms with van der Waals surface area (Å²) in [4.78, 5) is 37.0. The lowest BCUT2D eigenvalue weighted by atomic mass is 9.80. The third-order valence-corrected chi connectivity index (χ3v) is 5.75. The number of carbonyl (C=O) groups is 3. The zero-order valence-corrected chi connectivity index (χ0v) is 13.7. The fraction of sp³-hybridized carbons (Fsp3) is 0.526. The van der Waals surface area contributed by atoms with Gasteiger partial charge in [0.1, 0.15) is 6.10 Å². The van der Waals surface area contributed by atoms with Crippen molar-refractivity contribution in [1.29, 1.82) is 0 Å². The Morgan fingerprint density at radius 1 is 1.21 bits per heavy atom. The number of Topliss-reactive ketones (excluding diaryl/α,β-unsaturated/α-hetero) is 1. The largest absolute Gasteiger partial charge is 0.462 e. The molecule has 0 unspecified atom stereocenters. The molecule has 1 aromatic rings. The van der Waals surface area contributed by atoms with Crippen LogP contribution in [0, 0.1) is 30.6 Å². The lowest BCUT2D eigenvalue weighted by Gasteiger charge is -2.24. The Labute approximate surface area is 140 Å². The van der Waals surface area contributed by atoms with E-state index in [0.29, 0.717) is 5.56 Å². The number of hydrogen-bond acceptors (Lipinski definition) is 5. The molecule has 2 aliphatic carbocycles. The molecule has 5 heteroatoms. The first-order valence-corrected chi connectivity index (χ1v) is 8.47. The molecule has 6 atom stereocenters. The van der Waals surface area contributed by atoms with Gasteiger partial charge >= 0.3 is 11.9 Å². The molecule has 0 spiro atoms. The molecule has 0 N–H and O–H groups in total. The van der Waals surface area contributed by atoms with E-state index < -0.39 is 18.0 Å². The van der Waals surface area contributed by atoms with Crippen LogP contribution in [0.15, 0.2) is 24.3 Å². The molecule has 0 aromatic heterocycles. The van der Waals surface area contributed by atoms with Gasteiger partial charge in [0.25, 0.3) is 0 Å². The third-order valence-electron chi connectivity index (χ3n) is 5.75. The monoisotopic (exact) mass is 328 g/mol. The van der Waals surface area contributed by atoms with E-state index in [1.807, 2.05) is 19.1 Å². The highest BCUT2D eigenvalue weighted by molar-refractivity contribution is 6.00. The van der Waals surface area contributed by atoms with Crippen molar-refractivity contribution in [2.75, 3.05) is 0 Å². The highest BCUT2D eigenvalue weighted by Gasteiger charge is 2.64. The van der Waals surface area contributed by atoms with Crippen LogP contribution in [0.4, 0.5) is 0 Å². The van der Waals surface area contributed by atoms with E-state index >= 15 is 0 Å². The molecule has 4 rings (SSSR count). The summed E-state index contributed by atoms with van der Waals surface area (Å²) in [5.41, 5.74) is 1.58. The van der Waals surface area contributed by atoms with Gasteiger partial charge in [-0.1, -0.05) is 29.8 Å². The van der Waals surface area contributed by atoms with Gasteiger partial charge in [-0.25, -0.2) is 0 Å². The maximum absolute atomic E-state index is 12.6. The van der Waals surface area contributed by atoms with Gasteiger partial charge < -0.3 is 9.47 Å². The van der Waals surface area contributed by atoms with Crippen molar-refractivity contribution >= 4 is 17.7 Å². The topological polar surface area (TPSA) is 69.7 Å². The number of rotatable bonds is 4. The lowest BCUT2D eigenvalue weighted by Crippen LogP contribution is -2.36.